The van der Waals surface area contributed by atoms with E-state index < -0.39 is 9.93 Å². The molecule has 1 heterocycles. The summed E-state index contributed by atoms with van der Waals surface area (Å²) in [7, 11) is 0. The lowest BCUT2D eigenvalue weighted by Gasteiger charge is -2.28. The highest BCUT2D eigenvalue weighted by atomic mass is 35.5. The van der Waals surface area contributed by atoms with Gasteiger partial charge < -0.3 is 14.8 Å². The first kappa shape index (κ1) is 18.8. The van der Waals surface area contributed by atoms with E-state index in [4.69, 9.17) is 32.7 Å². The predicted molar refractivity (Wildman–Crippen MR) is 99.5 cm³/mol. The molecule has 0 spiro atoms. The minimum absolute atomic E-state index is 0.106. The Kier molecular flexibility index (Phi) is 5.52. The maximum Gasteiger partial charge on any atom is 0.263 e. The summed E-state index contributed by atoms with van der Waals surface area (Å²) in [6.45, 7) is 5.79. The lowest BCUT2D eigenvalue weighted by atomic mass is 10.00. The number of carbonyl (C=O) groups excluding carboxylic acids is 1. The fourth-order valence-electron chi connectivity index (χ4n) is 3.08. The van der Waals surface area contributed by atoms with E-state index in [1.165, 1.54) is 0 Å². The van der Waals surface area contributed by atoms with Gasteiger partial charge in [0.05, 0.1) is 0 Å². The molecular weight excluding hydrogens is 361 g/mol. The van der Waals surface area contributed by atoms with Crippen LogP contribution in [0.15, 0.2) is 24.3 Å². The first-order valence-corrected chi connectivity index (χ1v) is 9.56. The van der Waals surface area contributed by atoms with Gasteiger partial charge in [-0.2, -0.15) is 0 Å². The third-order valence-corrected chi connectivity index (χ3v) is 5.76. The number of alkyl halides is 2. The molecule has 25 heavy (non-hydrogen) atoms. The summed E-state index contributed by atoms with van der Waals surface area (Å²) >= 11 is 12.2. The van der Waals surface area contributed by atoms with E-state index in [1.807, 2.05) is 24.3 Å². The van der Waals surface area contributed by atoms with Crippen molar-refractivity contribution in [2.45, 2.75) is 49.0 Å². The predicted octanol–water partition coefficient (Wildman–Crippen LogP) is 4.05. The second-order valence-electron chi connectivity index (χ2n) is 7.46. The molecule has 1 amide bonds. The molecule has 3 rings (SSSR count). The number of ether oxygens (including phenoxy) is 2. The highest BCUT2D eigenvalue weighted by Crippen LogP contribution is 2.59. The number of hydrogen-bond acceptors (Lipinski definition) is 3. The molecule has 0 aromatic heterocycles. The maximum absolute atomic E-state index is 12.5. The quantitative estimate of drug-likeness (QED) is 0.751. The Bertz CT molecular complexity index is 610. The van der Waals surface area contributed by atoms with Crippen molar-refractivity contribution in [3.63, 3.8) is 0 Å². The molecule has 2 aliphatic rings. The Morgan fingerprint density at radius 2 is 1.88 bits per heavy atom. The second kappa shape index (κ2) is 7.34. The van der Waals surface area contributed by atoms with Gasteiger partial charge in [-0.3, -0.25) is 4.79 Å². The largest absolute Gasteiger partial charge is 0.478 e. The molecule has 1 N–H and O–H groups in total. The van der Waals surface area contributed by atoms with Gasteiger partial charge in [-0.25, -0.2) is 0 Å². The highest BCUT2D eigenvalue weighted by molar-refractivity contribution is 6.51. The number of carbonyl (C=O) groups is 1. The monoisotopic (exact) mass is 385 g/mol. The lowest BCUT2D eigenvalue weighted by molar-refractivity contribution is -0.134. The zero-order valence-electron chi connectivity index (χ0n) is 14.7. The van der Waals surface area contributed by atoms with Crippen LogP contribution in [0.3, 0.4) is 0 Å². The van der Waals surface area contributed by atoms with Crippen LogP contribution in [0.1, 0.15) is 44.6 Å². The molecule has 1 aromatic rings. The Morgan fingerprint density at radius 1 is 1.28 bits per heavy atom. The molecule has 1 saturated heterocycles. The van der Waals surface area contributed by atoms with Crippen LogP contribution in [0.4, 0.5) is 0 Å². The smallest absolute Gasteiger partial charge is 0.263 e. The number of rotatable bonds is 6. The van der Waals surface area contributed by atoms with E-state index in [1.54, 1.807) is 13.8 Å². The molecular formula is C19H25Cl2NO3. The minimum atomic E-state index is -0.936. The number of nitrogens with one attached hydrogen (secondary N) is 1. The molecule has 0 bridgehead atoms. The van der Waals surface area contributed by atoms with Gasteiger partial charge in [0.15, 0.2) is 5.60 Å². The fourth-order valence-corrected chi connectivity index (χ4v) is 3.65. The van der Waals surface area contributed by atoms with Crippen LogP contribution in [0.25, 0.3) is 0 Å². The van der Waals surface area contributed by atoms with Gasteiger partial charge in [0.25, 0.3) is 5.91 Å². The van der Waals surface area contributed by atoms with Crippen molar-refractivity contribution in [3.8, 4) is 5.75 Å². The second-order valence-corrected chi connectivity index (χ2v) is 9.01. The Labute approximate surface area is 159 Å². The molecule has 0 unspecified atom stereocenters. The minimum Gasteiger partial charge on any atom is -0.478 e. The van der Waals surface area contributed by atoms with Gasteiger partial charge in [-0.1, -0.05) is 12.1 Å². The van der Waals surface area contributed by atoms with Gasteiger partial charge in [0.2, 0.25) is 0 Å². The van der Waals surface area contributed by atoms with E-state index in [9.17, 15) is 4.79 Å². The number of hydrogen-bond donors (Lipinski definition) is 1. The molecule has 1 aliphatic carbocycles. The van der Waals surface area contributed by atoms with Crippen molar-refractivity contribution >= 4 is 29.1 Å². The normalized spacial score (nSPS) is 23.1. The molecule has 2 fully saturated rings. The zero-order valence-corrected chi connectivity index (χ0v) is 16.2. The first-order chi connectivity index (χ1) is 11.8. The van der Waals surface area contributed by atoms with Crippen LogP contribution < -0.4 is 10.1 Å². The molecule has 6 heteroatoms. The summed E-state index contributed by atoms with van der Waals surface area (Å²) in [5, 5.41) is 3.01. The van der Waals surface area contributed by atoms with Crippen LogP contribution in [0.5, 0.6) is 5.75 Å². The Hall–Kier alpha value is -0.970. The molecule has 4 nitrogen and oxygen atoms in total. The van der Waals surface area contributed by atoms with Crippen molar-refractivity contribution in [1.82, 2.24) is 5.32 Å². The van der Waals surface area contributed by atoms with Crippen LogP contribution in [-0.2, 0) is 9.53 Å². The number of benzene rings is 1. The van der Waals surface area contributed by atoms with Crippen LogP contribution in [0.2, 0.25) is 0 Å². The SMILES string of the molecule is CC(C)(Oc1ccc([C@@H]2CC2(Cl)Cl)cc1)C(=O)NCC1CCOCC1. The van der Waals surface area contributed by atoms with Gasteiger partial charge in [0, 0.05) is 25.7 Å². The number of halogens is 2. The van der Waals surface area contributed by atoms with E-state index >= 15 is 0 Å². The maximum atomic E-state index is 12.5. The van der Waals surface area contributed by atoms with Gasteiger partial charge in [0.1, 0.15) is 10.1 Å². The van der Waals surface area contributed by atoms with E-state index in [0.29, 0.717) is 18.2 Å². The molecule has 1 saturated carbocycles. The highest BCUT2D eigenvalue weighted by Gasteiger charge is 2.52. The summed E-state index contributed by atoms with van der Waals surface area (Å²) < 4.78 is 10.6. The van der Waals surface area contributed by atoms with Crippen molar-refractivity contribution < 1.29 is 14.3 Å². The standard InChI is InChI=1S/C19H25Cl2NO3/c1-18(2,17(23)22-12-13-7-9-24-10-8-13)25-15-5-3-14(4-6-15)16-11-19(16,20)21/h3-6,13,16H,7-12H2,1-2H3,(H,22,23)/t16-/m0/s1. The van der Waals surface area contributed by atoms with E-state index in [-0.39, 0.29) is 11.8 Å². The summed E-state index contributed by atoms with van der Waals surface area (Å²) in [5.41, 5.74) is 0.161. The third kappa shape index (κ3) is 4.81. The van der Waals surface area contributed by atoms with Crippen molar-refractivity contribution in [1.29, 1.82) is 0 Å². The van der Waals surface area contributed by atoms with Gasteiger partial charge in [-0.15, -0.1) is 23.2 Å². The molecule has 1 aliphatic heterocycles. The fraction of sp³-hybridized carbons (Fsp3) is 0.632. The van der Waals surface area contributed by atoms with Crippen LogP contribution >= 0.6 is 23.2 Å². The number of amides is 1. The summed E-state index contributed by atoms with van der Waals surface area (Å²) in [4.78, 5) is 12.5. The average molecular weight is 386 g/mol. The van der Waals surface area contributed by atoms with Crippen molar-refractivity contribution in [2.24, 2.45) is 5.92 Å². The zero-order chi connectivity index (χ0) is 18.1. The average Bonchev–Trinajstić information content (AvgIpc) is 3.22. The molecule has 1 atom stereocenters. The lowest BCUT2D eigenvalue weighted by Crippen LogP contribution is -2.48. The van der Waals surface area contributed by atoms with Gasteiger partial charge >= 0.3 is 0 Å². The first-order valence-electron chi connectivity index (χ1n) is 8.81. The van der Waals surface area contributed by atoms with Gasteiger partial charge in [-0.05, 0) is 56.7 Å². The van der Waals surface area contributed by atoms with Crippen LogP contribution in [-0.4, -0.2) is 35.6 Å². The summed E-state index contributed by atoms with van der Waals surface area (Å²) in [6, 6.07) is 7.65. The van der Waals surface area contributed by atoms with E-state index in [2.05, 4.69) is 5.32 Å². The summed E-state index contributed by atoms with van der Waals surface area (Å²) in [5.74, 6) is 1.22. The van der Waals surface area contributed by atoms with Crippen molar-refractivity contribution in [3.05, 3.63) is 29.8 Å². The molecule has 1 aromatic carbocycles. The van der Waals surface area contributed by atoms with E-state index in [0.717, 1.165) is 38.0 Å². The topological polar surface area (TPSA) is 47.6 Å². The van der Waals surface area contributed by atoms with Crippen LogP contribution in [0, 0.1) is 5.92 Å². The molecule has 138 valence electrons. The third-order valence-electron chi connectivity index (χ3n) is 4.92. The Morgan fingerprint density at radius 3 is 2.44 bits per heavy atom. The Balaban J connectivity index is 1.52. The summed E-state index contributed by atoms with van der Waals surface area (Å²) in [6.07, 6.45) is 2.76. The van der Waals surface area contributed by atoms with Crippen molar-refractivity contribution in [2.75, 3.05) is 19.8 Å². The molecule has 0 radical (unpaired) electrons.